The molecule has 0 saturated carbocycles. The Labute approximate surface area is 154 Å². The maximum atomic E-state index is 13.2. The highest BCUT2D eigenvalue weighted by molar-refractivity contribution is 7.92. The smallest absolute Gasteiger partial charge is 0.309 e. The average molecular weight is 373 g/mol. The summed E-state index contributed by atoms with van der Waals surface area (Å²) in [5, 5.41) is 0. The van der Waals surface area contributed by atoms with Crippen molar-refractivity contribution in [2.45, 2.75) is 31.6 Å². The molecule has 0 amide bonds. The fraction of sp³-hybridized carbons (Fsp3) is 0.350. The van der Waals surface area contributed by atoms with Crippen LogP contribution >= 0.6 is 0 Å². The van der Waals surface area contributed by atoms with Crippen LogP contribution in [0.1, 0.15) is 24.5 Å². The molecule has 2 aromatic carbocycles. The molecule has 0 aliphatic carbocycles. The zero-order valence-electron chi connectivity index (χ0n) is 15.0. The maximum Gasteiger partial charge on any atom is 0.309 e. The van der Waals surface area contributed by atoms with E-state index >= 15 is 0 Å². The molecule has 0 saturated heterocycles. The Morgan fingerprint density at radius 2 is 1.85 bits per heavy atom. The van der Waals surface area contributed by atoms with Gasteiger partial charge in [-0.1, -0.05) is 35.9 Å². The predicted octanol–water partition coefficient (Wildman–Crippen LogP) is 3.32. The van der Waals surface area contributed by atoms with E-state index in [2.05, 4.69) is 0 Å². The van der Waals surface area contributed by atoms with E-state index in [-0.39, 0.29) is 23.3 Å². The first-order chi connectivity index (χ1) is 12.4. The monoisotopic (exact) mass is 373 g/mol. The molecule has 26 heavy (non-hydrogen) atoms. The van der Waals surface area contributed by atoms with Crippen molar-refractivity contribution < 1.29 is 17.9 Å². The highest BCUT2D eigenvalue weighted by Crippen LogP contribution is 2.33. The second-order valence-electron chi connectivity index (χ2n) is 6.46. The van der Waals surface area contributed by atoms with Crippen LogP contribution < -0.4 is 4.31 Å². The second-order valence-corrected chi connectivity index (χ2v) is 8.32. The van der Waals surface area contributed by atoms with E-state index in [4.69, 9.17) is 4.74 Å². The van der Waals surface area contributed by atoms with Crippen molar-refractivity contribution in [2.24, 2.45) is 5.92 Å². The van der Waals surface area contributed by atoms with Crippen molar-refractivity contribution in [1.82, 2.24) is 0 Å². The van der Waals surface area contributed by atoms with Crippen LogP contribution in [0.5, 0.6) is 0 Å². The Morgan fingerprint density at radius 3 is 2.54 bits per heavy atom. The molecule has 0 radical (unpaired) electrons. The van der Waals surface area contributed by atoms with Gasteiger partial charge in [0.05, 0.1) is 23.1 Å². The summed E-state index contributed by atoms with van der Waals surface area (Å²) in [4.78, 5) is 12.5. The number of hydrogen-bond donors (Lipinski definition) is 0. The van der Waals surface area contributed by atoms with Gasteiger partial charge in [0, 0.05) is 6.54 Å². The van der Waals surface area contributed by atoms with E-state index in [0.717, 1.165) is 11.1 Å². The molecule has 1 aliphatic rings. The molecule has 1 aliphatic heterocycles. The standard InChI is InChI=1S/C20H23NO4S/c1-3-25-20(22)17-12-13-21(19-7-5-4-6-16(19)14-17)26(23,24)18-10-8-15(2)9-11-18/h4-11,17H,3,12-14H2,1-2H3. The van der Waals surface area contributed by atoms with Gasteiger partial charge in [0.25, 0.3) is 10.0 Å². The Bertz CT molecular complexity index is 890. The van der Waals surface area contributed by atoms with Crippen molar-refractivity contribution in [3.8, 4) is 0 Å². The van der Waals surface area contributed by atoms with Crippen LogP contribution in [-0.4, -0.2) is 27.5 Å². The lowest BCUT2D eigenvalue weighted by Gasteiger charge is -2.24. The lowest BCUT2D eigenvalue weighted by atomic mass is 9.97. The molecule has 0 bridgehead atoms. The lowest BCUT2D eigenvalue weighted by Crippen LogP contribution is -2.32. The fourth-order valence-electron chi connectivity index (χ4n) is 3.24. The van der Waals surface area contributed by atoms with Crippen molar-refractivity contribution >= 4 is 21.7 Å². The number of fused-ring (bicyclic) bond motifs is 1. The topological polar surface area (TPSA) is 63.7 Å². The third kappa shape index (κ3) is 3.60. The molecular formula is C20H23NO4S. The average Bonchev–Trinajstić information content (AvgIpc) is 2.82. The molecule has 1 atom stereocenters. The number of benzene rings is 2. The number of anilines is 1. The Balaban J connectivity index is 2.00. The minimum atomic E-state index is -3.70. The molecule has 5 nitrogen and oxygen atoms in total. The van der Waals surface area contributed by atoms with Gasteiger partial charge in [-0.3, -0.25) is 9.10 Å². The number of hydrogen-bond acceptors (Lipinski definition) is 4. The summed E-state index contributed by atoms with van der Waals surface area (Å²) in [6, 6.07) is 14.2. The molecule has 0 aromatic heterocycles. The first kappa shape index (κ1) is 18.5. The third-order valence-corrected chi connectivity index (χ3v) is 6.46. The molecule has 1 unspecified atom stereocenters. The van der Waals surface area contributed by atoms with Crippen LogP contribution in [0.3, 0.4) is 0 Å². The normalized spacial score (nSPS) is 17.3. The Morgan fingerprint density at radius 1 is 1.15 bits per heavy atom. The molecule has 3 rings (SSSR count). The van der Waals surface area contributed by atoms with Crippen molar-refractivity contribution in [3.63, 3.8) is 0 Å². The maximum absolute atomic E-state index is 13.2. The van der Waals surface area contributed by atoms with E-state index in [1.165, 1.54) is 4.31 Å². The zero-order chi connectivity index (χ0) is 18.7. The van der Waals surface area contributed by atoms with Gasteiger partial charge in [0.1, 0.15) is 0 Å². The van der Waals surface area contributed by atoms with E-state index < -0.39 is 10.0 Å². The number of esters is 1. The van der Waals surface area contributed by atoms with Crippen LogP contribution in [0.15, 0.2) is 53.4 Å². The number of nitrogens with zero attached hydrogens (tertiary/aromatic N) is 1. The van der Waals surface area contributed by atoms with E-state index in [0.29, 0.717) is 25.1 Å². The molecule has 138 valence electrons. The van der Waals surface area contributed by atoms with Crippen LogP contribution in [0.4, 0.5) is 5.69 Å². The number of carbonyl (C=O) groups is 1. The van der Waals surface area contributed by atoms with Crippen LogP contribution in [0.2, 0.25) is 0 Å². The first-order valence-corrected chi connectivity index (χ1v) is 10.2. The second kappa shape index (κ2) is 7.50. The summed E-state index contributed by atoms with van der Waals surface area (Å²) in [5.74, 6) is -0.605. The van der Waals surface area contributed by atoms with Gasteiger partial charge in [-0.15, -0.1) is 0 Å². The number of sulfonamides is 1. The van der Waals surface area contributed by atoms with Gasteiger partial charge in [-0.25, -0.2) is 8.42 Å². The van der Waals surface area contributed by atoms with Crippen LogP contribution in [0, 0.1) is 12.8 Å². The van der Waals surface area contributed by atoms with Gasteiger partial charge in [0.2, 0.25) is 0 Å². The summed E-state index contributed by atoms with van der Waals surface area (Å²) in [6.07, 6.45) is 0.910. The summed E-state index contributed by atoms with van der Waals surface area (Å²) in [5.41, 5.74) is 2.49. The zero-order valence-corrected chi connectivity index (χ0v) is 15.8. The Hall–Kier alpha value is -2.34. The van der Waals surface area contributed by atoms with E-state index in [1.54, 1.807) is 37.3 Å². The molecule has 2 aromatic rings. The third-order valence-electron chi connectivity index (χ3n) is 4.64. The molecule has 1 heterocycles. The summed E-state index contributed by atoms with van der Waals surface area (Å²) < 4.78 is 33.0. The minimum Gasteiger partial charge on any atom is -0.466 e. The van der Waals surface area contributed by atoms with Gasteiger partial charge in [-0.2, -0.15) is 0 Å². The van der Waals surface area contributed by atoms with Crippen molar-refractivity contribution in [1.29, 1.82) is 0 Å². The first-order valence-electron chi connectivity index (χ1n) is 8.77. The largest absolute Gasteiger partial charge is 0.466 e. The van der Waals surface area contributed by atoms with Crippen LogP contribution in [-0.2, 0) is 26.0 Å². The van der Waals surface area contributed by atoms with Crippen molar-refractivity contribution in [2.75, 3.05) is 17.5 Å². The summed E-state index contributed by atoms with van der Waals surface area (Å²) in [6.45, 7) is 4.26. The SMILES string of the molecule is CCOC(=O)C1CCN(S(=O)(=O)c2ccc(C)cc2)c2ccccc2C1. The number of aryl methyl sites for hydroxylation is 1. The summed E-state index contributed by atoms with van der Waals surface area (Å²) >= 11 is 0. The number of para-hydroxylation sites is 1. The molecule has 0 spiro atoms. The molecule has 0 fully saturated rings. The number of rotatable bonds is 4. The minimum absolute atomic E-state index is 0.247. The molecule has 0 N–H and O–H groups in total. The van der Waals surface area contributed by atoms with Crippen LogP contribution in [0.25, 0.3) is 0 Å². The quantitative estimate of drug-likeness (QED) is 0.772. The molecular weight excluding hydrogens is 350 g/mol. The van der Waals surface area contributed by atoms with E-state index in [9.17, 15) is 13.2 Å². The van der Waals surface area contributed by atoms with Gasteiger partial charge >= 0.3 is 5.97 Å². The van der Waals surface area contributed by atoms with Gasteiger partial charge in [-0.05, 0) is 50.5 Å². The summed E-state index contributed by atoms with van der Waals surface area (Å²) in [7, 11) is -3.70. The predicted molar refractivity (Wildman–Crippen MR) is 101 cm³/mol. The number of ether oxygens (including phenoxy) is 1. The van der Waals surface area contributed by atoms with Crippen molar-refractivity contribution in [3.05, 3.63) is 59.7 Å². The molecule has 6 heteroatoms. The van der Waals surface area contributed by atoms with Gasteiger partial charge in [0.15, 0.2) is 0 Å². The van der Waals surface area contributed by atoms with E-state index in [1.807, 2.05) is 25.1 Å². The fourth-order valence-corrected chi connectivity index (χ4v) is 4.75. The van der Waals surface area contributed by atoms with Gasteiger partial charge < -0.3 is 4.74 Å². The lowest BCUT2D eigenvalue weighted by molar-refractivity contribution is -0.148. The highest BCUT2D eigenvalue weighted by Gasteiger charge is 2.33. The Kier molecular flexibility index (Phi) is 5.32. The highest BCUT2D eigenvalue weighted by atomic mass is 32.2. The number of carbonyl (C=O) groups excluding carboxylic acids is 1.